The van der Waals surface area contributed by atoms with Crippen molar-refractivity contribution >= 4 is 35.2 Å². The van der Waals surface area contributed by atoms with Gasteiger partial charge in [-0.3, -0.25) is 10.1 Å². The lowest BCUT2D eigenvalue weighted by Crippen LogP contribution is -2.67. The molecule has 4 unspecified atom stereocenters. The van der Waals surface area contributed by atoms with Crippen molar-refractivity contribution in [3.05, 3.63) is 58.8 Å². The van der Waals surface area contributed by atoms with Crippen molar-refractivity contribution in [2.24, 2.45) is 5.92 Å². The highest BCUT2D eigenvalue weighted by Crippen LogP contribution is 2.41. The maximum Gasteiger partial charge on any atom is 0.336 e. The number of rotatable bonds is 6. The summed E-state index contributed by atoms with van der Waals surface area (Å²) in [5.74, 6) is -0.807. The smallest absolute Gasteiger partial charge is 0.336 e. The van der Waals surface area contributed by atoms with Crippen LogP contribution in [0.25, 0.3) is 0 Å². The first-order valence-corrected chi connectivity index (χ1v) is 11.0. The van der Waals surface area contributed by atoms with Gasteiger partial charge >= 0.3 is 5.97 Å². The first kappa shape index (κ1) is 21.7. The van der Waals surface area contributed by atoms with Gasteiger partial charge in [0.15, 0.2) is 0 Å². The first-order valence-electron chi connectivity index (χ1n) is 9.54. The van der Waals surface area contributed by atoms with Crippen molar-refractivity contribution < 1.29 is 14.3 Å². The SMILES string of the molecule is C=CCSC1NC(=O)C2C(NC(C)=C(C(=O)OC(C)C)C2c2ccc(Cl)cc2)N1. The molecule has 0 radical (unpaired) electrons. The highest BCUT2D eigenvalue weighted by Gasteiger charge is 2.48. The molecule has 0 aromatic heterocycles. The summed E-state index contributed by atoms with van der Waals surface area (Å²) in [7, 11) is 0. The standard InChI is InChI=1S/C21H26ClN3O3S/c1-5-10-29-21-24-18-17(19(26)25-21)16(13-6-8-14(22)9-7-13)15(12(4)23-18)20(27)28-11(2)3/h5-9,11,16-18,21,23-24H,1,10H2,2-4H3,(H,25,26). The second-order valence-corrected chi connectivity index (χ2v) is 8.92. The normalized spacial score (nSPS) is 26.4. The van der Waals surface area contributed by atoms with E-state index in [9.17, 15) is 9.59 Å². The average molecular weight is 436 g/mol. The van der Waals surface area contributed by atoms with Gasteiger partial charge < -0.3 is 15.4 Å². The molecule has 2 heterocycles. The summed E-state index contributed by atoms with van der Waals surface area (Å²) in [5, 5.41) is 10.3. The zero-order chi connectivity index (χ0) is 21.1. The van der Waals surface area contributed by atoms with Crippen molar-refractivity contribution in [1.29, 1.82) is 0 Å². The van der Waals surface area contributed by atoms with Crippen molar-refractivity contribution in [2.75, 3.05) is 5.75 Å². The zero-order valence-corrected chi connectivity index (χ0v) is 18.3. The van der Waals surface area contributed by atoms with Gasteiger partial charge in [0.2, 0.25) is 5.91 Å². The monoisotopic (exact) mass is 435 g/mol. The number of hydrogen-bond acceptors (Lipinski definition) is 6. The van der Waals surface area contributed by atoms with Crippen LogP contribution in [-0.2, 0) is 14.3 Å². The molecule has 29 heavy (non-hydrogen) atoms. The molecule has 4 atom stereocenters. The number of esters is 1. The molecule has 0 aliphatic carbocycles. The Morgan fingerprint density at radius 2 is 2.00 bits per heavy atom. The first-order chi connectivity index (χ1) is 13.8. The summed E-state index contributed by atoms with van der Waals surface area (Å²) >= 11 is 7.61. The van der Waals surface area contributed by atoms with E-state index in [1.54, 1.807) is 43.8 Å². The van der Waals surface area contributed by atoms with E-state index in [1.165, 1.54) is 0 Å². The van der Waals surface area contributed by atoms with Crippen LogP contribution in [0.2, 0.25) is 5.02 Å². The minimum atomic E-state index is -0.518. The minimum absolute atomic E-state index is 0.120. The molecule has 1 aromatic rings. The lowest BCUT2D eigenvalue weighted by molar-refractivity contribution is -0.143. The number of halogens is 1. The predicted octanol–water partition coefficient (Wildman–Crippen LogP) is 3.12. The fourth-order valence-corrected chi connectivity index (χ4v) is 4.64. The van der Waals surface area contributed by atoms with E-state index >= 15 is 0 Å². The second-order valence-electron chi connectivity index (χ2n) is 7.35. The molecule has 0 saturated carbocycles. The summed E-state index contributed by atoms with van der Waals surface area (Å²) in [4.78, 5) is 26.1. The van der Waals surface area contributed by atoms with E-state index in [1.807, 2.05) is 19.1 Å². The van der Waals surface area contributed by atoms with Crippen LogP contribution in [0, 0.1) is 5.92 Å². The number of amides is 1. The van der Waals surface area contributed by atoms with Crippen LogP contribution in [0.4, 0.5) is 0 Å². The minimum Gasteiger partial charge on any atom is -0.460 e. The van der Waals surface area contributed by atoms with Gasteiger partial charge in [-0.05, 0) is 38.5 Å². The number of fused-ring (bicyclic) bond motifs is 1. The van der Waals surface area contributed by atoms with Gasteiger partial charge in [-0.25, -0.2) is 4.79 Å². The van der Waals surface area contributed by atoms with Gasteiger partial charge in [-0.2, -0.15) is 0 Å². The van der Waals surface area contributed by atoms with E-state index in [2.05, 4.69) is 22.5 Å². The van der Waals surface area contributed by atoms with Crippen molar-refractivity contribution in [2.45, 2.75) is 44.5 Å². The Morgan fingerprint density at radius 1 is 1.31 bits per heavy atom. The Balaban J connectivity index is 2.01. The molecule has 8 heteroatoms. The van der Waals surface area contributed by atoms with Crippen LogP contribution in [0.15, 0.2) is 48.2 Å². The molecule has 2 aliphatic heterocycles. The molecule has 1 saturated heterocycles. The summed E-state index contributed by atoms with van der Waals surface area (Å²) in [5.41, 5.74) is 1.77. The van der Waals surface area contributed by atoms with Gasteiger partial charge in [-0.1, -0.05) is 29.8 Å². The summed E-state index contributed by atoms with van der Waals surface area (Å²) < 4.78 is 5.49. The van der Waals surface area contributed by atoms with Crippen molar-refractivity contribution in [3.63, 3.8) is 0 Å². The molecule has 1 aromatic carbocycles. The quantitative estimate of drug-likeness (QED) is 0.470. The predicted molar refractivity (Wildman–Crippen MR) is 116 cm³/mol. The second kappa shape index (κ2) is 9.24. The number of hydrogen-bond donors (Lipinski definition) is 3. The van der Waals surface area contributed by atoms with Crippen molar-refractivity contribution in [1.82, 2.24) is 16.0 Å². The highest BCUT2D eigenvalue weighted by molar-refractivity contribution is 7.99. The number of thioether (sulfide) groups is 1. The molecule has 0 bridgehead atoms. The third-order valence-corrected chi connectivity index (χ3v) is 6.15. The fraction of sp³-hybridized carbons (Fsp3) is 0.429. The van der Waals surface area contributed by atoms with Crippen LogP contribution in [0.1, 0.15) is 32.3 Å². The maximum atomic E-state index is 13.1. The maximum absolute atomic E-state index is 13.1. The third kappa shape index (κ3) is 4.79. The number of nitrogens with one attached hydrogen (secondary N) is 3. The lowest BCUT2D eigenvalue weighted by atomic mass is 9.74. The number of benzene rings is 1. The van der Waals surface area contributed by atoms with E-state index in [0.717, 1.165) is 5.56 Å². The topological polar surface area (TPSA) is 79.5 Å². The number of carbonyl (C=O) groups is 2. The molecule has 3 rings (SSSR count). The van der Waals surface area contributed by atoms with E-state index in [0.29, 0.717) is 22.0 Å². The molecule has 156 valence electrons. The van der Waals surface area contributed by atoms with Gasteiger partial charge in [0.05, 0.1) is 23.8 Å². The summed E-state index contributed by atoms with van der Waals surface area (Å²) in [6.07, 6.45) is 1.22. The highest BCUT2D eigenvalue weighted by atomic mass is 35.5. The molecular weight excluding hydrogens is 410 g/mol. The number of carbonyl (C=O) groups excluding carboxylic acids is 2. The summed E-state index contributed by atoms with van der Waals surface area (Å²) in [6.45, 7) is 9.18. The number of allylic oxidation sites excluding steroid dienone is 1. The Labute approximate surface area is 180 Å². The molecule has 0 spiro atoms. The van der Waals surface area contributed by atoms with Gasteiger partial charge in [-0.15, -0.1) is 18.3 Å². The number of ether oxygens (including phenoxy) is 1. The Hall–Kier alpha value is -1.96. The Morgan fingerprint density at radius 3 is 2.62 bits per heavy atom. The zero-order valence-electron chi connectivity index (χ0n) is 16.7. The van der Waals surface area contributed by atoms with Crippen LogP contribution < -0.4 is 16.0 Å². The van der Waals surface area contributed by atoms with Crippen LogP contribution in [0.3, 0.4) is 0 Å². The van der Waals surface area contributed by atoms with Gasteiger partial charge in [0.25, 0.3) is 0 Å². The lowest BCUT2D eigenvalue weighted by Gasteiger charge is -2.45. The van der Waals surface area contributed by atoms with Gasteiger partial charge in [0.1, 0.15) is 5.50 Å². The fourth-order valence-electron chi connectivity index (χ4n) is 3.74. The average Bonchev–Trinajstić information content (AvgIpc) is 2.65. The Kier molecular flexibility index (Phi) is 6.93. The summed E-state index contributed by atoms with van der Waals surface area (Å²) in [6, 6.07) is 7.26. The van der Waals surface area contributed by atoms with E-state index in [4.69, 9.17) is 16.3 Å². The van der Waals surface area contributed by atoms with Crippen molar-refractivity contribution in [3.8, 4) is 0 Å². The van der Waals surface area contributed by atoms with Crippen LogP contribution in [-0.4, -0.2) is 35.4 Å². The molecule has 1 amide bonds. The Bertz CT molecular complexity index is 825. The molecule has 6 nitrogen and oxygen atoms in total. The largest absolute Gasteiger partial charge is 0.460 e. The van der Waals surface area contributed by atoms with Crippen LogP contribution >= 0.6 is 23.4 Å². The van der Waals surface area contributed by atoms with E-state index < -0.39 is 17.8 Å². The molecule has 1 fully saturated rings. The van der Waals surface area contributed by atoms with Crippen LogP contribution in [0.5, 0.6) is 0 Å². The molecule has 3 N–H and O–H groups in total. The molecular formula is C21H26ClN3O3S. The third-order valence-electron chi connectivity index (χ3n) is 4.88. The van der Waals surface area contributed by atoms with Gasteiger partial charge in [0, 0.05) is 22.4 Å². The molecule has 2 aliphatic rings. The van der Waals surface area contributed by atoms with E-state index in [-0.39, 0.29) is 23.7 Å².